The largest absolute Gasteiger partial charge is 0.459 e. The first-order valence-corrected chi connectivity index (χ1v) is 7.44. The lowest BCUT2D eigenvalue weighted by Crippen LogP contribution is -2.40. The van der Waals surface area contributed by atoms with Crippen molar-refractivity contribution in [3.63, 3.8) is 0 Å². The van der Waals surface area contributed by atoms with E-state index in [2.05, 4.69) is 25.2 Å². The number of hydrogen-bond donors (Lipinski definition) is 1. The van der Waals surface area contributed by atoms with Crippen molar-refractivity contribution in [3.05, 3.63) is 35.6 Å². The van der Waals surface area contributed by atoms with E-state index in [0.717, 1.165) is 17.8 Å². The summed E-state index contributed by atoms with van der Waals surface area (Å²) in [5.41, 5.74) is 2.21. The Balaban J connectivity index is 2.24. The number of ether oxygens (including phenoxy) is 2. The maximum Gasteiger partial charge on any atom is 0.171 e. The van der Waals surface area contributed by atoms with E-state index in [4.69, 9.17) is 13.9 Å². The summed E-state index contributed by atoms with van der Waals surface area (Å²) in [7, 11) is 3.30. The SMILES string of the molecule is CCc1c(C(C)NC(C)C(OC)OC)oc2ccccc12. The molecule has 2 atom stereocenters. The quantitative estimate of drug-likeness (QED) is 0.791. The summed E-state index contributed by atoms with van der Waals surface area (Å²) in [6.45, 7) is 6.31. The summed E-state index contributed by atoms with van der Waals surface area (Å²) in [6, 6.07) is 8.34. The lowest BCUT2D eigenvalue weighted by atomic mass is 10.0. The average molecular weight is 291 g/mol. The second-order valence-corrected chi connectivity index (χ2v) is 5.31. The number of methoxy groups -OCH3 is 2. The van der Waals surface area contributed by atoms with Crippen LogP contribution in [0.15, 0.2) is 28.7 Å². The number of nitrogens with one attached hydrogen (secondary N) is 1. The van der Waals surface area contributed by atoms with Crippen LogP contribution in [0.2, 0.25) is 0 Å². The molecule has 0 saturated carbocycles. The second kappa shape index (κ2) is 7.07. The van der Waals surface area contributed by atoms with Crippen LogP contribution in [0.4, 0.5) is 0 Å². The summed E-state index contributed by atoms with van der Waals surface area (Å²) < 4.78 is 16.7. The van der Waals surface area contributed by atoms with Gasteiger partial charge in [-0.15, -0.1) is 0 Å². The van der Waals surface area contributed by atoms with Crippen molar-refractivity contribution >= 4 is 11.0 Å². The van der Waals surface area contributed by atoms with Crippen LogP contribution in [-0.2, 0) is 15.9 Å². The fourth-order valence-electron chi connectivity index (χ4n) is 2.89. The molecule has 1 aromatic carbocycles. The smallest absolute Gasteiger partial charge is 0.171 e. The molecule has 0 aliphatic heterocycles. The van der Waals surface area contributed by atoms with E-state index in [0.29, 0.717) is 0 Å². The monoisotopic (exact) mass is 291 g/mol. The summed E-state index contributed by atoms with van der Waals surface area (Å²) in [4.78, 5) is 0. The van der Waals surface area contributed by atoms with Crippen molar-refractivity contribution in [2.45, 2.75) is 45.6 Å². The summed E-state index contributed by atoms with van der Waals surface area (Å²) >= 11 is 0. The highest BCUT2D eigenvalue weighted by Gasteiger charge is 2.23. The van der Waals surface area contributed by atoms with Gasteiger partial charge in [0, 0.05) is 25.2 Å². The second-order valence-electron chi connectivity index (χ2n) is 5.31. The Bertz CT molecular complexity index is 574. The van der Waals surface area contributed by atoms with Crippen molar-refractivity contribution in [3.8, 4) is 0 Å². The van der Waals surface area contributed by atoms with Crippen LogP contribution in [-0.4, -0.2) is 26.6 Å². The lowest BCUT2D eigenvalue weighted by Gasteiger charge is -2.25. The zero-order valence-corrected chi connectivity index (χ0v) is 13.5. The number of aryl methyl sites for hydroxylation is 1. The van der Waals surface area contributed by atoms with Gasteiger partial charge in [-0.25, -0.2) is 0 Å². The van der Waals surface area contributed by atoms with Gasteiger partial charge < -0.3 is 19.2 Å². The first-order chi connectivity index (χ1) is 10.1. The van der Waals surface area contributed by atoms with Gasteiger partial charge in [0.2, 0.25) is 0 Å². The summed E-state index contributed by atoms with van der Waals surface area (Å²) in [5, 5.41) is 4.69. The van der Waals surface area contributed by atoms with Gasteiger partial charge in [0.1, 0.15) is 11.3 Å². The molecule has 2 rings (SSSR count). The van der Waals surface area contributed by atoms with Gasteiger partial charge in [-0.05, 0) is 26.3 Å². The molecule has 2 unspecified atom stereocenters. The molecule has 1 heterocycles. The third-order valence-corrected chi connectivity index (χ3v) is 3.86. The lowest BCUT2D eigenvalue weighted by molar-refractivity contribution is -0.121. The Hall–Kier alpha value is -1.36. The first-order valence-electron chi connectivity index (χ1n) is 7.44. The van der Waals surface area contributed by atoms with Crippen LogP contribution >= 0.6 is 0 Å². The Kier molecular flexibility index (Phi) is 5.39. The minimum atomic E-state index is -0.276. The van der Waals surface area contributed by atoms with Crippen molar-refractivity contribution in [1.82, 2.24) is 5.32 Å². The molecule has 1 N–H and O–H groups in total. The van der Waals surface area contributed by atoms with E-state index in [1.165, 1.54) is 10.9 Å². The maximum absolute atomic E-state index is 6.06. The van der Waals surface area contributed by atoms with Crippen molar-refractivity contribution in [2.24, 2.45) is 0 Å². The minimum Gasteiger partial charge on any atom is -0.459 e. The van der Waals surface area contributed by atoms with Gasteiger partial charge in [0.15, 0.2) is 6.29 Å². The fourth-order valence-corrected chi connectivity index (χ4v) is 2.89. The zero-order valence-electron chi connectivity index (χ0n) is 13.5. The van der Waals surface area contributed by atoms with E-state index in [1.807, 2.05) is 25.1 Å². The van der Waals surface area contributed by atoms with Crippen molar-refractivity contribution in [2.75, 3.05) is 14.2 Å². The van der Waals surface area contributed by atoms with Gasteiger partial charge >= 0.3 is 0 Å². The van der Waals surface area contributed by atoms with Crippen LogP contribution in [0.1, 0.15) is 38.1 Å². The Morgan fingerprint density at radius 1 is 1.14 bits per heavy atom. The standard InChI is InChI=1S/C17H25NO3/c1-6-13-14-9-7-8-10-15(14)21-16(13)11(2)18-12(3)17(19-4)20-5/h7-12,17-18H,6H2,1-5H3. The molecule has 1 aromatic heterocycles. The molecule has 21 heavy (non-hydrogen) atoms. The van der Waals surface area contributed by atoms with Crippen molar-refractivity contribution in [1.29, 1.82) is 0 Å². The van der Waals surface area contributed by atoms with Crippen LogP contribution in [0.5, 0.6) is 0 Å². The highest BCUT2D eigenvalue weighted by molar-refractivity contribution is 5.82. The number of hydrogen-bond acceptors (Lipinski definition) is 4. The molecule has 0 aliphatic carbocycles. The van der Waals surface area contributed by atoms with Gasteiger partial charge in [0.25, 0.3) is 0 Å². The minimum absolute atomic E-state index is 0.0629. The van der Waals surface area contributed by atoms with Crippen LogP contribution < -0.4 is 5.32 Å². The number of fused-ring (bicyclic) bond motifs is 1. The van der Waals surface area contributed by atoms with E-state index >= 15 is 0 Å². The summed E-state index contributed by atoms with van der Waals surface area (Å²) in [6.07, 6.45) is 0.673. The zero-order chi connectivity index (χ0) is 15.4. The molecule has 4 nitrogen and oxygen atoms in total. The Morgan fingerprint density at radius 2 is 1.81 bits per heavy atom. The Morgan fingerprint density at radius 3 is 2.43 bits per heavy atom. The molecular formula is C17H25NO3. The third-order valence-electron chi connectivity index (χ3n) is 3.86. The van der Waals surface area contributed by atoms with Crippen LogP contribution in [0.25, 0.3) is 11.0 Å². The molecule has 0 radical (unpaired) electrons. The molecular weight excluding hydrogens is 266 g/mol. The van der Waals surface area contributed by atoms with Gasteiger partial charge in [-0.1, -0.05) is 25.1 Å². The molecule has 0 aliphatic rings. The van der Waals surface area contributed by atoms with E-state index in [1.54, 1.807) is 14.2 Å². The van der Waals surface area contributed by atoms with Crippen molar-refractivity contribution < 1.29 is 13.9 Å². The molecule has 0 amide bonds. The van der Waals surface area contributed by atoms with Crippen LogP contribution in [0.3, 0.4) is 0 Å². The van der Waals surface area contributed by atoms with Gasteiger partial charge in [0.05, 0.1) is 12.1 Å². The first kappa shape index (κ1) is 16.0. The highest BCUT2D eigenvalue weighted by atomic mass is 16.7. The Labute approximate surface area is 126 Å². The topological polar surface area (TPSA) is 43.6 Å². The number of benzene rings is 1. The van der Waals surface area contributed by atoms with E-state index in [-0.39, 0.29) is 18.4 Å². The van der Waals surface area contributed by atoms with Gasteiger partial charge in [-0.2, -0.15) is 0 Å². The van der Waals surface area contributed by atoms with Gasteiger partial charge in [-0.3, -0.25) is 0 Å². The van der Waals surface area contributed by atoms with E-state index in [9.17, 15) is 0 Å². The molecule has 0 fully saturated rings. The summed E-state index contributed by atoms with van der Waals surface area (Å²) in [5.74, 6) is 0.997. The molecule has 0 spiro atoms. The number of rotatable bonds is 7. The third kappa shape index (κ3) is 3.28. The number of furan rings is 1. The maximum atomic E-state index is 6.06. The highest BCUT2D eigenvalue weighted by Crippen LogP contribution is 2.30. The molecule has 2 aromatic rings. The molecule has 116 valence electrons. The predicted molar refractivity (Wildman–Crippen MR) is 84.4 cm³/mol. The molecule has 0 saturated heterocycles. The molecule has 0 bridgehead atoms. The van der Waals surface area contributed by atoms with E-state index < -0.39 is 0 Å². The van der Waals surface area contributed by atoms with Crippen LogP contribution in [0, 0.1) is 0 Å². The normalized spacial score (nSPS) is 14.8. The molecule has 4 heteroatoms. The number of para-hydroxylation sites is 1. The average Bonchev–Trinajstić information content (AvgIpc) is 2.87. The predicted octanol–water partition coefficient (Wildman–Crippen LogP) is 3.65. The fraction of sp³-hybridized carbons (Fsp3) is 0.529.